The second-order valence-corrected chi connectivity index (χ2v) is 7.23. The molecule has 0 fully saturated rings. The van der Waals surface area contributed by atoms with E-state index in [-0.39, 0.29) is 0 Å². The molecule has 1 N–H and O–H groups in total. The van der Waals surface area contributed by atoms with Crippen LogP contribution >= 0.6 is 11.8 Å². The molecule has 21 heavy (non-hydrogen) atoms. The van der Waals surface area contributed by atoms with E-state index >= 15 is 0 Å². The molecule has 0 spiro atoms. The van der Waals surface area contributed by atoms with Crippen LogP contribution in [0, 0.1) is 0 Å². The third-order valence-corrected chi connectivity index (χ3v) is 5.50. The standard InChI is InChI=1S/C19H23NS/c1-14(19(20-2)16-7-4-3-5-8-16)21-18-12-11-15-9-6-10-17(15)13-18/h3-5,7-8,11-14,19-20H,6,9-10H2,1-2H3. The van der Waals surface area contributed by atoms with Gasteiger partial charge in [0, 0.05) is 16.2 Å². The predicted molar refractivity (Wildman–Crippen MR) is 92.0 cm³/mol. The van der Waals surface area contributed by atoms with Gasteiger partial charge in [0.15, 0.2) is 0 Å². The molecule has 2 unspecified atom stereocenters. The minimum Gasteiger partial charge on any atom is -0.312 e. The third kappa shape index (κ3) is 3.33. The Bertz CT molecular complexity index is 594. The molecule has 0 saturated heterocycles. The molecule has 1 aliphatic rings. The van der Waals surface area contributed by atoms with Crippen molar-refractivity contribution in [3.63, 3.8) is 0 Å². The van der Waals surface area contributed by atoms with Crippen LogP contribution in [0.1, 0.15) is 36.1 Å². The number of fused-ring (bicyclic) bond motifs is 1. The maximum absolute atomic E-state index is 3.47. The lowest BCUT2D eigenvalue weighted by Crippen LogP contribution is -2.25. The van der Waals surface area contributed by atoms with Gasteiger partial charge in [0.05, 0.1) is 0 Å². The van der Waals surface area contributed by atoms with Crippen LogP contribution < -0.4 is 5.32 Å². The Labute approximate surface area is 132 Å². The van der Waals surface area contributed by atoms with Crippen LogP contribution in [0.15, 0.2) is 53.4 Å². The van der Waals surface area contributed by atoms with E-state index in [0.29, 0.717) is 11.3 Å². The van der Waals surface area contributed by atoms with Crippen LogP contribution in [0.4, 0.5) is 0 Å². The van der Waals surface area contributed by atoms with Crippen molar-refractivity contribution >= 4 is 11.8 Å². The quantitative estimate of drug-likeness (QED) is 0.808. The van der Waals surface area contributed by atoms with Gasteiger partial charge in [-0.25, -0.2) is 0 Å². The van der Waals surface area contributed by atoms with E-state index in [2.05, 4.69) is 67.8 Å². The molecule has 1 nitrogen and oxygen atoms in total. The molecule has 2 aromatic carbocycles. The summed E-state index contributed by atoms with van der Waals surface area (Å²) in [5.74, 6) is 0. The first-order chi connectivity index (χ1) is 10.3. The molecule has 0 amide bonds. The van der Waals surface area contributed by atoms with E-state index in [1.54, 1.807) is 11.1 Å². The molecule has 0 radical (unpaired) electrons. The summed E-state index contributed by atoms with van der Waals surface area (Å²) in [5, 5.41) is 3.97. The van der Waals surface area contributed by atoms with Gasteiger partial charge >= 0.3 is 0 Å². The van der Waals surface area contributed by atoms with Gasteiger partial charge in [0.2, 0.25) is 0 Å². The Morgan fingerprint density at radius 3 is 2.52 bits per heavy atom. The molecule has 0 heterocycles. The topological polar surface area (TPSA) is 12.0 Å². The maximum atomic E-state index is 3.47. The summed E-state index contributed by atoms with van der Waals surface area (Å²) < 4.78 is 0. The van der Waals surface area contributed by atoms with Gasteiger partial charge in [-0.1, -0.05) is 43.3 Å². The second kappa shape index (κ2) is 6.67. The number of aryl methyl sites for hydroxylation is 2. The highest BCUT2D eigenvalue weighted by Crippen LogP contribution is 2.34. The summed E-state index contributed by atoms with van der Waals surface area (Å²) in [4.78, 5) is 1.40. The molecule has 2 heteroatoms. The fourth-order valence-electron chi connectivity index (χ4n) is 3.24. The minimum atomic E-state index is 0.379. The average molecular weight is 297 g/mol. The molecule has 2 atom stereocenters. The molecule has 2 aromatic rings. The molecule has 0 aliphatic heterocycles. The highest BCUT2D eigenvalue weighted by Gasteiger charge is 2.19. The number of thioether (sulfide) groups is 1. The lowest BCUT2D eigenvalue weighted by atomic mass is 10.0. The lowest BCUT2D eigenvalue weighted by Gasteiger charge is -2.24. The normalized spacial score (nSPS) is 16.5. The summed E-state index contributed by atoms with van der Waals surface area (Å²) in [6.07, 6.45) is 3.84. The van der Waals surface area contributed by atoms with Gasteiger partial charge in [0.1, 0.15) is 0 Å². The molecule has 110 valence electrons. The fourth-order valence-corrected chi connectivity index (χ4v) is 4.45. The average Bonchev–Trinajstić information content (AvgIpc) is 2.96. The Hall–Kier alpha value is -1.25. The zero-order valence-electron chi connectivity index (χ0n) is 12.8. The molecule has 1 aliphatic carbocycles. The lowest BCUT2D eigenvalue weighted by molar-refractivity contribution is 0.589. The van der Waals surface area contributed by atoms with E-state index < -0.39 is 0 Å². The second-order valence-electron chi connectivity index (χ2n) is 5.78. The van der Waals surface area contributed by atoms with Crippen molar-refractivity contribution in [2.45, 2.75) is 42.4 Å². The van der Waals surface area contributed by atoms with Gasteiger partial charge in [-0.3, -0.25) is 0 Å². The smallest absolute Gasteiger partial charge is 0.0438 e. The molecule has 0 saturated carbocycles. The van der Waals surface area contributed by atoms with E-state index in [9.17, 15) is 0 Å². The van der Waals surface area contributed by atoms with Gasteiger partial charge in [0.25, 0.3) is 0 Å². The van der Waals surface area contributed by atoms with Crippen LogP contribution in [0.3, 0.4) is 0 Å². The van der Waals surface area contributed by atoms with Gasteiger partial charge in [-0.15, -0.1) is 11.8 Å². The fraction of sp³-hybridized carbons (Fsp3) is 0.368. The van der Waals surface area contributed by atoms with Crippen molar-refractivity contribution in [2.75, 3.05) is 7.05 Å². The Balaban J connectivity index is 1.74. The van der Waals surface area contributed by atoms with Gasteiger partial charge < -0.3 is 5.32 Å². The summed E-state index contributed by atoms with van der Waals surface area (Å²) in [6.45, 7) is 2.31. The summed E-state index contributed by atoms with van der Waals surface area (Å²) >= 11 is 1.97. The Morgan fingerprint density at radius 1 is 1.00 bits per heavy atom. The number of benzene rings is 2. The predicted octanol–water partition coefficient (Wildman–Crippen LogP) is 4.62. The maximum Gasteiger partial charge on any atom is 0.0438 e. The van der Waals surface area contributed by atoms with E-state index in [1.165, 1.54) is 29.7 Å². The highest BCUT2D eigenvalue weighted by molar-refractivity contribution is 8.00. The minimum absolute atomic E-state index is 0.379. The van der Waals surface area contributed by atoms with Crippen molar-refractivity contribution < 1.29 is 0 Å². The van der Waals surface area contributed by atoms with E-state index in [1.807, 2.05) is 11.8 Å². The number of hydrogen-bond donors (Lipinski definition) is 1. The Kier molecular flexibility index (Phi) is 4.67. The monoisotopic (exact) mass is 297 g/mol. The molecule has 0 bridgehead atoms. The van der Waals surface area contributed by atoms with E-state index in [0.717, 1.165) is 0 Å². The largest absolute Gasteiger partial charge is 0.312 e. The van der Waals surface area contributed by atoms with Crippen LogP contribution in [0.5, 0.6) is 0 Å². The number of rotatable bonds is 5. The van der Waals surface area contributed by atoms with Gasteiger partial charge in [-0.2, -0.15) is 0 Å². The number of nitrogens with one attached hydrogen (secondary N) is 1. The van der Waals surface area contributed by atoms with Crippen molar-refractivity contribution in [3.05, 3.63) is 65.2 Å². The zero-order chi connectivity index (χ0) is 14.7. The molecule has 3 rings (SSSR count). The summed E-state index contributed by atoms with van der Waals surface area (Å²) in [5.41, 5.74) is 4.48. The molecular weight excluding hydrogens is 274 g/mol. The van der Waals surface area contributed by atoms with Crippen LogP contribution in [-0.2, 0) is 12.8 Å². The van der Waals surface area contributed by atoms with Crippen molar-refractivity contribution in [1.82, 2.24) is 5.32 Å². The first-order valence-corrected chi connectivity index (χ1v) is 8.66. The first-order valence-electron chi connectivity index (χ1n) is 7.78. The highest BCUT2D eigenvalue weighted by atomic mass is 32.2. The van der Waals surface area contributed by atoms with Crippen LogP contribution in [-0.4, -0.2) is 12.3 Å². The molecular formula is C19H23NS. The van der Waals surface area contributed by atoms with Crippen molar-refractivity contribution in [3.8, 4) is 0 Å². The summed E-state index contributed by atoms with van der Waals surface area (Å²) in [7, 11) is 2.05. The van der Waals surface area contributed by atoms with Crippen molar-refractivity contribution in [2.24, 2.45) is 0 Å². The van der Waals surface area contributed by atoms with E-state index in [4.69, 9.17) is 0 Å². The van der Waals surface area contributed by atoms with Crippen LogP contribution in [0.2, 0.25) is 0 Å². The number of hydrogen-bond acceptors (Lipinski definition) is 2. The molecule has 0 aromatic heterocycles. The summed E-state index contributed by atoms with van der Waals surface area (Å²) in [6, 6.07) is 18.1. The van der Waals surface area contributed by atoms with Gasteiger partial charge in [-0.05, 0) is 55.1 Å². The van der Waals surface area contributed by atoms with Crippen LogP contribution in [0.25, 0.3) is 0 Å². The SMILES string of the molecule is CNC(c1ccccc1)C(C)Sc1ccc2c(c1)CCC2. The first kappa shape index (κ1) is 14.7. The zero-order valence-corrected chi connectivity index (χ0v) is 13.6. The van der Waals surface area contributed by atoms with Crippen molar-refractivity contribution in [1.29, 1.82) is 0 Å². The Morgan fingerprint density at radius 2 is 1.76 bits per heavy atom. The third-order valence-electron chi connectivity index (χ3n) is 4.33.